The molecule has 3 heteroatoms. The maximum atomic E-state index is 5.67. The second kappa shape index (κ2) is 4.51. The maximum Gasteiger partial charge on any atom is 0.124 e. The molecule has 0 aliphatic carbocycles. The van der Waals surface area contributed by atoms with Crippen molar-refractivity contribution in [3.8, 4) is 5.75 Å². The summed E-state index contributed by atoms with van der Waals surface area (Å²) < 4.78 is 5.67. The van der Waals surface area contributed by atoms with Gasteiger partial charge in [0.05, 0.1) is 6.04 Å². The Labute approximate surface area is 105 Å². The molecule has 2 aromatic rings. The SMILES string of the molecule is CC(NC1COc2ccccc21)c1ccsc1. The van der Waals surface area contributed by atoms with Gasteiger partial charge in [-0.3, -0.25) is 0 Å². The van der Waals surface area contributed by atoms with Gasteiger partial charge in [-0.2, -0.15) is 11.3 Å². The highest BCUT2D eigenvalue weighted by Gasteiger charge is 2.24. The minimum absolute atomic E-state index is 0.307. The molecular weight excluding hydrogens is 230 g/mol. The number of para-hydroxylation sites is 1. The molecule has 0 bridgehead atoms. The molecule has 0 saturated carbocycles. The van der Waals surface area contributed by atoms with Crippen molar-refractivity contribution < 1.29 is 4.74 Å². The van der Waals surface area contributed by atoms with Crippen LogP contribution in [0.5, 0.6) is 5.75 Å². The first-order chi connectivity index (χ1) is 8.34. The van der Waals surface area contributed by atoms with Gasteiger partial charge in [0, 0.05) is 11.6 Å². The second-order valence-electron chi connectivity index (χ2n) is 4.35. The summed E-state index contributed by atoms with van der Waals surface area (Å²) in [4.78, 5) is 0. The van der Waals surface area contributed by atoms with Gasteiger partial charge >= 0.3 is 0 Å². The Morgan fingerprint density at radius 3 is 3.06 bits per heavy atom. The van der Waals surface area contributed by atoms with Gasteiger partial charge in [-0.15, -0.1) is 0 Å². The van der Waals surface area contributed by atoms with Crippen LogP contribution in [0.4, 0.5) is 0 Å². The zero-order valence-corrected chi connectivity index (χ0v) is 10.5. The van der Waals surface area contributed by atoms with E-state index in [1.165, 1.54) is 11.1 Å². The highest BCUT2D eigenvalue weighted by molar-refractivity contribution is 7.07. The van der Waals surface area contributed by atoms with Gasteiger partial charge in [0.1, 0.15) is 12.4 Å². The first-order valence-corrected chi connectivity index (χ1v) is 6.79. The van der Waals surface area contributed by atoms with Crippen LogP contribution in [0.25, 0.3) is 0 Å². The number of hydrogen-bond donors (Lipinski definition) is 1. The van der Waals surface area contributed by atoms with E-state index in [1.807, 2.05) is 12.1 Å². The normalized spacial score (nSPS) is 19.7. The Hall–Kier alpha value is -1.32. The van der Waals surface area contributed by atoms with Crippen LogP contribution in [0.2, 0.25) is 0 Å². The summed E-state index contributed by atoms with van der Waals surface area (Å²) in [5.41, 5.74) is 2.62. The number of hydrogen-bond acceptors (Lipinski definition) is 3. The van der Waals surface area contributed by atoms with Crippen molar-refractivity contribution >= 4 is 11.3 Å². The van der Waals surface area contributed by atoms with Crippen LogP contribution in [-0.4, -0.2) is 6.61 Å². The molecule has 0 amide bonds. The van der Waals surface area contributed by atoms with Crippen molar-refractivity contribution in [1.82, 2.24) is 5.32 Å². The Kier molecular flexibility index (Phi) is 2.87. The van der Waals surface area contributed by atoms with E-state index >= 15 is 0 Å². The van der Waals surface area contributed by atoms with E-state index in [0.29, 0.717) is 12.1 Å². The molecule has 1 aliphatic heterocycles. The fourth-order valence-electron chi connectivity index (χ4n) is 2.22. The Morgan fingerprint density at radius 1 is 1.35 bits per heavy atom. The molecule has 0 radical (unpaired) electrons. The number of benzene rings is 1. The Bertz CT molecular complexity index is 495. The topological polar surface area (TPSA) is 21.3 Å². The number of ether oxygens (including phenoxy) is 1. The second-order valence-corrected chi connectivity index (χ2v) is 5.13. The first-order valence-electron chi connectivity index (χ1n) is 5.84. The zero-order chi connectivity index (χ0) is 11.7. The van der Waals surface area contributed by atoms with Crippen LogP contribution < -0.4 is 10.1 Å². The molecule has 0 fully saturated rings. The summed E-state index contributed by atoms with van der Waals surface area (Å²) in [5, 5.41) is 7.93. The Balaban J connectivity index is 1.75. The number of thiophene rings is 1. The fraction of sp³-hybridized carbons (Fsp3) is 0.286. The van der Waals surface area contributed by atoms with E-state index in [1.54, 1.807) is 11.3 Å². The van der Waals surface area contributed by atoms with Crippen LogP contribution in [0, 0.1) is 0 Å². The number of fused-ring (bicyclic) bond motifs is 1. The highest BCUT2D eigenvalue weighted by atomic mass is 32.1. The molecule has 2 atom stereocenters. The average Bonchev–Trinajstić information content (AvgIpc) is 2.98. The zero-order valence-electron chi connectivity index (χ0n) is 9.72. The van der Waals surface area contributed by atoms with E-state index in [2.05, 4.69) is 41.2 Å². The lowest BCUT2D eigenvalue weighted by atomic mass is 10.1. The standard InChI is InChI=1S/C14H15NOS/c1-10(11-6-7-17-9-11)15-13-8-16-14-5-3-2-4-12(13)14/h2-7,9-10,13,15H,8H2,1H3. The molecule has 2 unspecified atom stereocenters. The molecule has 1 aliphatic rings. The summed E-state index contributed by atoms with van der Waals surface area (Å²) in [6.07, 6.45) is 0. The highest BCUT2D eigenvalue weighted by Crippen LogP contribution is 2.33. The van der Waals surface area contributed by atoms with E-state index in [4.69, 9.17) is 4.74 Å². The lowest BCUT2D eigenvalue weighted by Gasteiger charge is -2.17. The van der Waals surface area contributed by atoms with Crippen LogP contribution in [0.15, 0.2) is 41.1 Å². The molecule has 2 heterocycles. The largest absolute Gasteiger partial charge is 0.491 e. The predicted molar refractivity (Wildman–Crippen MR) is 70.5 cm³/mol. The van der Waals surface area contributed by atoms with Gasteiger partial charge in [-0.1, -0.05) is 18.2 Å². The van der Waals surface area contributed by atoms with Gasteiger partial charge < -0.3 is 10.1 Å². The first kappa shape index (κ1) is 10.8. The summed E-state index contributed by atoms with van der Waals surface area (Å²) >= 11 is 1.74. The molecule has 1 N–H and O–H groups in total. The van der Waals surface area contributed by atoms with E-state index in [0.717, 1.165) is 12.4 Å². The van der Waals surface area contributed by atoms with Crippen LogP contribution in [0.1, 0.15) is 30.1 Å². The van der Waals surface area contributed by atoms with Crippen molar-refractivity contribution in [3.63, 3.8) is 0 Å². The third kappa shape index (κ3) is 2.08. The predicted octanol–water partition coefficient (Wildman–Crippen LogP) is 3.53. The number of nitrogens with one attached hydrogen (secondary N) is 1. The van der Waals surface area contributed by atoms with Gasteiger partial charge in [-0.05, 0) is 35.4 Å². The molecule has 1 aromatic heterocycles. The third-order valence-corrected chi connectivity index (χ3v) is 3.90. The molecular formula is C14H15NOS. The fourth-order valence-corrected chi connectivity index (χ4v) is 2.97. The van der Waals surface area contributed by atoms with Crippen molar-refractivity contribution in [2.45, 2.75) is 19.0 Å². The maximum absolute atomic E-state index is 5.67. The smallest absolute Gasteiger partial charge is 0.124 e. The molecule has 2 nitrogen and oxygen atoms in total. The molecule has 0 spiro atoms. The minimum atomic E-state index is 0.307. The van der Waals surface area contributed by atoms with Crippen molar-refractivity contribution in [2.24, 2.45) is 0 Å². The van der Waals surface area contributed by atoms with Crippen molar-refractivity contribution in [2.75, 3.05) is 6.61 Å². The van der Waals surface area contributed by atoms with Gasteiger partial charge in [0.25, 0.3) is 0 Å². The van der Waals surface area contributed by atoms with Crippen LogP contribution in [0.3, 0.4) is 0 Å². The van der Waals surface area contributed by atoms with Gasteiger partial charge in [0.15, 0.2) is 0 Å². The molecule has 0 saturated heterocycles. The van der Waals surface area contributed by atoms with Gasteiger partial charge in [0.2, 0.25) is 0 Å². The molecule has 17 heavy (non-hydrogen) atoms. The third-order valence-electron chi connectivity index (χ3n) is 3.19. The monoisotopic (exact) mass is 245 g/mol. The van der Waals surface area contributed by atoms with E-state index in [-0.39, 0.29) is 0 Å². The summed E-state index contributed by atoms with van der Waals surface area (Å²) in [7, 11) is 0. The van der Waals surface area contributed by atoms with Crippen molar-refractivity contribution in [3.05, 3.63) is 52.2 Å². The van der Waals surface area contributed by atoms with Crippen molar-refractivity contribution in [1.29, 1.82) is 0 Å². The van der Waals surface area contributed by atoms with Crippen LogP contribution >= 0.6 is 11.3 Å². The Morgan fingerprint density at radius 2 is 2.24 bits per heavy atom. The average molecular weight is 245 g/mol. The minimum Gasteiger partial charge on any atom is -0.491 e. The quantitative estimate of drug-likeness (QED) is 0.893. The lowest BCUT2D eigenvalue weighted by molar-refractivity contribution is 0.301. The lowest BCUT2D eigenvalue weighted by Crippen LogP contribution is -2.25. The summed E-state index contributed by atoms with van der Waals surface area (Å²) in [6, 6.07) is 11.1. The molecule has 3 rings (SSSR count). The van der Waals surface area contributed by atoms with E-state index in [9.17, 15) is 0 Å². The molecule has 88 valence electrons. The van der Waals surface area contributed by atoms with Gasteiger partial charge in [-0.25, -0.2) is 0 Å². The molecule has 1 aromatic carbocycles. The summed E-state index contributed by atoms with van der Waals surface area (Å²) in [6.45, 7) is 2.93. The van der Waals surface area contributed by atoms with Crippen LogP contribution in [-0.2, 0) is 0 Å². The number of rotatable bonds is 3. The van der Waals surface area contributed by atoms with E-state index < -0.39 is 0 Å². The summed E-state index contributed by atoms with van der Waals surface area (Å²) in [5.74, 6) is 1.02.